The first-order valence-electron chi connectivity index (χ1n) is 9.90. The minimum atomic E-state index is -0.600. The van der Waals surface area contributed by atoms with Crippen molar-refractivity contribution in [2.75, 3.05) is 26.2 Å². The SMILES string of the molecule is CC(C)(O)CCc1ccc(CN2CCN(Cc3cccc(O)c3)CC2)cc1. The molecular formula is C23H32N2O2. The fraction of sp³-hybridized carbons (Fsp3) is 0.478. The Hall–Kier alpha value is -1.88. The van der Waals surface area contributed by atoms with Crippen molar-refractivity contribution in [3.8, 4) is 5.75 Å². The highest BCUT2D eigenvalue weighted by molar-refractivity contribution is 5.27. The van der Waals surface area contributed by atoms with E-state index in [1.165, 1.54) is 16.7 Å². The Balaban J connectivity index is 1.43. The standard InChI is InChI=1S/C23H32N2O2/c1-23(2,27)11-10-19-6-8-20(9-7-19)17-24-12-14-25(15-13-24)18-21-4-3-5-22(26)16-21/h3-9,16,26-27H,10-15,17-18H2,1-2H3. The first-order chi connectivity index (χ1) is 12.9. The van der Waals surface area contributed by atoms with Gasteiger partial charge in [-0.25, -0.2) is 0 Å². The first kappa shape index (κ1) is 19.9. The average Bonchev–Trinajstić information content (AvgIpc) is 2.62. The number of hydrogen-bond donors (Lipinski definition) is 2. The number of aromatic hydroxyl groups is 1. The van der Waals surface area contributed by atoms with Gasteiger partial charge in [0.2, 0.25) is 0 Å². The molecule has 3 rings (SSSR count). The number of hydrogen-bond acceptors (Lipinski definition) is 4. The zero-order chi connectivity index (χ0) is 19.3. The summed E-state index contributed by atoms with van der Waals surface area (Å²) < 4.78 is 0. The molecule has 1 aliphatic heterocycles. The van der Waals surface area contributed by atoms with E-state index >= 15 is 0 Å². The van der Waals surface area contributed by atoms with Gasteiger partial charge in [0.15, 0.2) is 0 Å². The molecule has 146 valence electrons. The molecule has 27 heavy (non-hydrogen) atoms. The van der Waals surface area contributed by atoms with Crippen molar-refractivity contribution in [1.29, 1.82) is 0 Å². The summed E-state index contributed by atoms with van der Waals surface area (Å²) in [4.78, 5) is 4.95. The van der Waals surface area contributed by atoms with Crippen LogP contribution in [-0.4, -0.2) is 51.8 Å². The van der Waals surface area contributed by atoms with Crippen LogP contribution in [0.4, 0.5) is 0 Å². The normalized spacial score (nSPS) is 16.6. The minimum absolute atomic E-state index is 0.345. The highest BCUT2D eigenvalue weighted by Gasteiger charge is 2.17. The maximum atomic E-state index is 9.85. The maximum absolute atomic E-state index is 9.85. The van der Waals surface area contributed by atoms with Gasteiger partial charge in [-0.05, 0) is 55.5 Å². The van der Waals surface area contributed by atoms with Gasteiger partial charge in [-0.2, -0.15) is 0 Å². The smallest absolute Gasteiger partial charge is 0.115 e. The Bertz CT molecular complexity index is 714. The lowest BCUT2D eigenvalue weighted by Gasteiger charge is -2.34. The number of benzene rings is 2. The van der Waals surface area contributed by atoms with Gasteiger partial charge in [-0.3, -0.25) is 9.80 Å². The lowest BCUT2D eigenvalue weighted by atomic mass is 9.98. The second-order valence-corrected chi connectivity index (χ2v) is 8.35. The predicted molar refractivity (Wildman–Crippen MR) is 110 cm³/mol. The molecule has 2 N–H and O–H groups in total. The molecule has 0 aliphatic carbocycles. The Morgan fingerprint density at radius 3 is 1.93 bits per heavy atom. The lowest BCUT2D eigenvalue weighted by Crippen LogP contribution is -2.45. The number of phenols is 1. The zero-order valence-corrected chi connectivity index (χ0v) is 16.6. The Labute approximate surface area is 163 Å². The third kappa shape index (κ3) is 6.65. The molecule has 4 heteroatoms. The van der Waals surface area contributed by atoms with Crippen LogP contribution in [-0.2, 0) is 19.5 Å². The van der Waals surface area contributed by atoms with Gasteiger partial charge < -0.3 is 10.2 Å². The molecule has 0 amide bonds. The average molecular weight is 369 g/mol. The summed E-state index contributed by atoms with van der Waals surface area (Å²) in [6.45, 7) is 9.87. The van der Waals surface area contributed by atoms with Crippen LogP contribution in [0.25, 0.3) is 0 Å². The highest BCUT2D eigenvalue weighted by Crippen LogP contribution is 2.17. The number of rotatable bonds is 7. The van der Waals surface area contributed by atoms with Crippen LogP contribution in [0, 0.1) is 0 Å². The van der Waals surface area contributed by atoms with Crippen LogP contribution in [0.5, 0.6) is 5.75 Å². The Morgan fingerprint density at radius 2 is 1.37 bits per heavy atom. The predicted octanol–water partition coefficient (Wildman–Crippen LogP) is 3.41. The van der Waals surface area contributed by atoms with E-state index in [0.717, 1.165) is 52.1 Å². The number of nitrogens with zero attached hydrogens (tertiary/aromatic N) is 2. The van der Waals surface area contributed by atoms with E-state index < -0.39 is 5.60 Å². The summed E-state index contributed by atoms with van der Waals surface area (Å²) in [5.74, 6) is 0.345. The summed E-state index contributed by atoms with van der Waals surface area (Å²) >= 11 is 0. The minimum Gasteiger partial charge on any atom is -0.508 e. The van der Waals surface area contributed by atoms with Gasteiger partial charge in [0.05, 0.1) is 5.60 Å². The van der Waals surface area contributed by atoms with E-state index in [-0.39, 0.29) is 0 Å². The second-order valence-electron chi connectivity index (χ2n) is 8.35. The van der Waals surface area contributed by atoms with Crippen LogP contribution in [0.2, 0.25) is 0 Å². The van der Waals surface area contributed by atoms with Crippen molar-refractivity contribution >= 4 is 0 Å². The first-order valence-corrected chi connectivity index (χ1v) is 9.90. The molecule has 0 bridgehead atoms. The molecule has 0 aromatic heterocycles. The van der Waals surface area contributed by atoms with Gasteiger partial charge in [0, 0.05) is 39.3 Å². The molecule has 1 aliphatic rings. The zero-order valence-electron chi connectivity index (χ0n) is 16.6. The van der Waals surface area contributed by atoms with Crippen LogP contribution >= 0.6 is 0 Å². The molecule has 0 saturated carbocycles. The summed E-state index contributed by atoms with van der Waals surface area (Å²) in [6, 6.07) is 16.4. The van der Waals surface area contributed by atoms with Crippen molar-refractivity contribution < 1.29 is 10.2 Å². The lowest BCUT2D eigenvalue weighted by molar-refractivity contribution is 0.0714. The Kier molecular flexibility index (Phi) is 6.53. The van der Waals surface area contributed by atoms with Crippen molar-refractivity contribution in [2.24, 2.45) is 0 Å². The van der Waals surface area contributed by atoms with Crippen molar-refractivity contribution in [1.82, 2.24) is 9.80 Å². The van der Waals surface area contributed by atoms with Crippen LogP contribution in [0.3, 0.4) is 0 Å². The highest BCUT2D eigenvalue weighted by atomic mass is 16.3. The van der Waals surface area contributed by atoms with Gasteiger partial charge >= 0.3 is 0 Å². The molecule has 2 aromatic carbocycles. The quantitative estimate of drug-likeness (QED) is 0.786. The van der Waals surface area contributed by atoms with Gasteiger partial charge in [0.25, 0.3) is 0 Å². The second kappa shape index (κ2) is 8.87. The van der Waals surface area contributed by atoms with Gasteiger partial charge in [-0.15, -0.1) is 0 Å². The summed E-state index contributed by atoms with van der Waals surface area (Å²) in [5, 5.41) is 19.5. The van der Waals surface area contributed by atoms with Crippen molar-refractivity contribution in [2.45, 2.75) is 45.4 Å². The van der Waals surface area contributed by atoms with Crippen LogP contribution in [0.1, 0.15) is 37.0 Å². The molecule has 1 fully saturated rings. The van der Waals surface area contributed by atoms with Gasteiger partial charge in [0.1, 0.15) is 5.75 Å². The number of phenolic OH excluding ortho intramolecular Hbond substituents is 1. The van der Waals surface area contributed by atoms with E-state index in [4.69, 9.17) is 0 Å². The molecule has 1 saturated heterocycles. The van der Waals surface area contributed by atoms with Crippen molar-refractivity contribution in [3.63, 3.8) is 0 Å². The topological polar surface area (TPSA) is 46.9 Å². The summed E-state index contributed by atoms with van der Waals surface area (Å²) in [7, 11) is 0. The number of piperazine rings is 1. The fourth-order valence-corrected chi connectivity index (χ4v) is 3.54. The van der Waals surface area contributed by atoms with Gasteiger partial charge in [-0.1, -0.05) is 36.4 Å². The van der Waals surface area contributed by atoms with Crippen molar-refractivity contribution in [3.05, 3.63) is 65.2 Å². The summed E-state index contributed by atoms with van der Waals surface area (Å²) in [6.07, 6.45) is 1.70. The molecule has 0 radical (unpaired) electrons. The van der Waals surface area contributed by atoms with Crippen LogP contribution in [0.15, 0.2) is 48.5 Å². The Morgan fingerprint density at radius 1 is 0.815 bits per heavy atom. The van der Waals surface area contributed by atoms with E-state index in [1.54, 1.807) is 6.07 Å². The third-order valence-corrected chi connectivity index (χ3v) is 5.24. The molecule has 0 atom stereocenters. The fourth-order valence-electron chi connectivity index (χ4n) is 3.54. The van der Waals surface area contributed by atoms with E-state index in [0.29, 0.717) is 5.75 Å². The largest absolute Gasteiger partial charge is 0.508 e. The molecule has 1 heterocycles. The van der Waals surface area contributed by atoms with E-state index in [1.807, 2.05) is 26.0 Å². The molecule has 0 spiro atoms. The van der Waals surface area contributed by atoms with Crippen LogP contribution < -0.4 is 0 Å². The molecule has 4 nitrogen and oxygen atoms in total. The molecular weight excluding hydrogens is 336 g/mol. The number of aryl methyl sites for hydroxylation is 1. The monoisotopic (exact) mass is 368 g/mol. The molecule has 0 unspecified atom stereocenters. The maximum Gasteiger partial charge on any atom is 0.115 e. The van der Waals surface area contributed by atoms with E-state index in [9.17, 15) is 10.2 Å². The molecule has 2 aromatic rings. The van der Waals surface area contributed by atoms with E-state index in [2.05, 4.69) is 40.1 Å². The third-order valence-electron chi connectivity index (χ3n) is 5.24. The number of aliphatic hydroxyl groups is 1. The summed E-state index contributed by atoms with van der Waals surface area (Å²) in [5.41, 5.74) is 3.21.